The molecule has 144 valence electrons. The number of hydrogen-bond acceptors (Lipinski definition) is 2. The number of aliphatic hydroxyl groups excluding tert-OH is 1. The molecule has 26 heavy (non-hydrogen) atoms. The van der Waals surface area contributed by atoms with Gasteiger partial charge in [-0.1, -0.05) is 25.5 Å². The topological polar surface area (TPSA) is 49.3 Å². The van der Waals surface area contributed by atoms with Crippen LogP contribution in [0, 0.1) is 34.5 Å². The smallest absolute Gasteiger partial charge is 0.223 e. The molecule has 0 aliphatic heterocycles. The van der Waals surface area contributed by atoms with Gasteiger partial charge in [-0.05, 0) is 92.8 Å². The lowest BCUT2D eigenvalue weighted by atomic mass is 9.47. The molecule has 4 fully saturated rings. The lowest BCUT2D eigenvalue weighted by Crippen LogP contribution is -2.52. The van der Waals surface area contributed by atoms with Crippen LogP contribution >= 0.6 is 0 Å². The highest BCUT2D eigenvalue weighted by molar-refractivity contribution is 5.80. The zero-order chi connectivity index (χ0) is 18.1. The molecule has 4 saturated carbocycles. The molecule has 0 saturated heterocycles. The van der Waals surface area contributed by atoms with Crippen LogP contribution in [0.15, 0.2) is 11.6 Å². The highest BCUT2D eigenvalue weighted by Gasteiger charge is 2.60. The van der Waals surface area contributed by atoms with Crippen molar-refractivity contribution in [3.05, 3.63) is 11.6 Å². The van der Waals surface area contributed by atoms with Gasteiger partial charge in [0.1, 0.15) is 0 Å². The van der Waals surface area contributed by atoms with E-state index in [1.165, 1.54) is 38.5 Å². The quantitative estimate of drug-likeness (QED) is 0.728. The Morgan fingerprint density at radius 1 is 1.08 bits per heavy atom. The average molecular weight is 358 g/mol. The zero-order valence-electron chi connectivity index (χ0n) is 16.5. The van der Waals surface area contributed by atoms with Gasteiger partial charge in [-0.2, -0.15) is 0 Å². The molecule has 0 unspecified atom stereocenters. The third kappa shape index (κ3) is 2.45. The second kappa shape index (κ2) is 5.83. The standard InChI is InChI=1S/C23H35NO2/c1-22-11-9-16(25)13-14(22)3-6-17-18-7-8-20(21(26)24-15-4-5-15)23(18,2)12-10-19(17)22/h3,15-20,25H,4-13H2,1-2H3,(H,24,26)/t16-,17-,18-,19-,20+,22-,23-/m0/s1. The summed E-state index contributed by atoms with van der Waals surface area (Å²) in [5.74, 6) is 2.81. The Morgan fingerprint density at radius 3 is 2.65 bits per heavy atom. The number of carbonyl (C=O) groups is 1. The second-order valence-corrected chi connectivity index (χ2v) is 10.6. The maximum atomic E-state index is 12.9. The van der Waals surface area contributed by atoms with Crippen LogP contribution in [-0.2, 0) is 4.79 Å². The van der Waals surface area contributed by atoms with Crippen LogP contribution in [0.2, 0.25) is 0 Å². The Morgan fingerprint density at radius 2 is 1.88 bits per heavy atom. The summed E-state index contributed by atoms with van der Waals surface area (Å²) in [4.78, 5) is 12.9. The first-order valence-electron chi connectivity index (χ1n) is 11.1. The zero-order valence-corrected chi connectivity index (χ0v) is 16.5. The van der Waals surface area contributed by atoms with E-state index < -0.39 is 0 Å². The highest BCUT2D eigenvalue weighted by Crippen LogP contribution is 2.66. The molecule has 2 N–H and O–H groups in total. The van der Waals surface area contributed by atoms with Crippen molar-refractivity contribution in [1.29, 1.82) is 0 Å². The van der Waals surface area contributed by atoms with Crippen LogP contribution < -0.4 is 5.32 Å². The maximum Gasteiger partial charge on any atom is 0.223 e. The molecule has 5 aliphatic rings. The average Bonchev–Trinajstić information content (AvgIpc) is 3.34. The SMILES string of the molecule is C[C@]12CC[C@H]3[C@@H](CC=C4C[C@@H](O)CC[C@@]43C)[C@@H]1CC[C@@H]2C(=O)NC1CC1. The third-order valence-electron chi connectivity index (χ3n) is 9.32. The van der Waals surface area contributed by atoms with Crippen molar-refractivity contribution >= 4 is 5.91 Å². The number of allylic oxidation sites excluding steroid dienone is 1. The number of carbonyl (C=O) groups excluding carboxylic acids is 1. The lowest BCUT2D eigenvalue weighted by Gasteiger charge is -2.57. The predicted molar refractivity (Wildman–Crippen MR) is 102 cm³/mol. The van der Waals surface area contributed by atoms with Crippen molar-refractivity contribution in [2.24, 2.45) is 34.5 Å². The summed E-state index contributed by atoms with van der Waals surface area (Å²) in [6, 6.07) is 0.481. The molecule has 1 amide bonds. The molecule has 7 atom stereocenters. The van der Waals surface area contributed by atoms with Crippen molar-refractivity contribution < 1.29 is 9.90 Å². The third-order valence-corrected chi connectivity index (χ3v) is 9.32. The molecule has 0 aromatic rings. The fraction of sp³-hybridized carbons (Fsp3) is 0.870. The van der Waals surface area contributed by atoms with E-state index in [9.17, 15) is 9.90 Å². The number of amides is 1. The van der Waals surface area contributed by atoms with Crippen LogP contribution in [0.4, 0.5) is 0 Å². The Balaban J connectivity index is 1.40. The summed E-state index contributed by atoms with van der Waals surface area (Å²) in [7, 11) is 0. The van der Waals surface area contributed by atoms with Gasteiger partial charge in [-0.25, -0.2) is 0 Å². The summed E-state index contributed by atoms with van der Waals surface area (Å²) in [6.07, 6.45) is 13.7. The molecule has 0 spiro atoms. The van der Waals surface area contributed by atoms with Crippen molar-refractivity contribution in [2.45, 2.75) is 90.2 Å². The predicted octanol–water partition coefficient (Wildman–Crippen LogP) is 4.20. The van der Waals surface area contributed by atoms with Gasteiger partial charge >= 0.3 is 0 Å². The van der Waals surface area contributed by atoms with E-state index in [1.807, 2.05) is 0 Å². The van der Waals surface area contributed by atoms with Gasteiger partial charge in [0.2, 0.25) is 5.91 Å². The van der Waals surface area contributed by atoms with E-state index >= 15 is 0 Å². The number of nitrogens with one attached hydrogen (secondary N) is 1. The molecular weight excluding hydrogens is 322 g/mol. The Hall–Kier alpha value is -0.830. The summed E-state index contributed by atoms with van der Waals surface area (Å²) < 4.78 is 0. The number of hydrogen-bond donors (Lipinski definition) is 2. The van der Waals surface area contributed by atoms with Gasteiger partial charge in [0.05, 0.1) is 6.10 Å². The van der Waals surface area contributed by atoms with E-state index in [1.54, 1.807) is 5.57 Å². The van der Waals surface area contributed by atoms with Crippen LogP contribution in [0.25, 0.3) is 0 Å². The van der Waals surface area contributed by atoms with Crippen LogP contribution in [0.1, 0.15) is 78.1 Å². The molecule has 0 aromatic heterocycles. The maximum absolute atomic E-state index is 12.9. The Bertz CT molecular complexity index is 638. The van der Waals surface area contributed by atoms with Crippen LogP contribution in [0.5, 0.6) is 0 Å². The lowest BCUT2D eigenvalue weighted by molar-refractivity contribution is -0.132. The van der Waals surface area contributed by atoms with Crippen LogP contribution in [0.3, 0.4) is 0 Å². The van der Waals surface area contributed by atoms with Gasteiger partial charge in [-0.3, -0.25) is 4.79 Å². The molecule has 0 aromatic carbocycles. The molecule has 3 nitrogen and oxygen atoms in total. The molecule has 0 bridgehead atoms. The van der Waals surface area contributed by atoms with Gasteiger partial charge in [0, 0.05) is 12.0 Å². The summed E-state index contributed by atoms with van der Waals surface area (Å²) in [5, 5.41) is 13.4. The Labute approximate surface area is 158 Å². The van der Waals surface area contributed by atoms with Crippen molar-refractivity contribution in [3.8, 4) is 0 Å². The number of rotatable bonds is 2. The molecular formula is C23H35NO2. The van der Waals surface area contributed by atoms with Crippen LogP contribution in [-0.4, -0.2) is 23.2 Å². The Kier molecular flexibility index (Phi) is 3.88. The first-order valence-corrected chi connectivity index (χ1v) is 11.1. The molecule has 3 heteroatoms. The molecule has 5 aliphatic carbocycles. The van der Waals surface area contributed by atoms with Gasteiger partial charge in [0.15, 0.2) is 0 Å². The van der Waals surface area contributed by atoms with E-state index in [0.29, 0.717) is 23.3 Å². The van der Waals surface area contributed by atoms with Crippen molar-refractivity contribution in [3.63, 3.8) is 0 Å². The van der Waals surface area contributed by atoms with Gasteiger partial charge in [0.25, 0.3) is 0 Å². The fourth-order valence-electron chi connectivity index (χ4n) is 7.60. The van der Waals surface area contributed by atoms with E-state index in [2.05, 4.69) is 25.2 Å². The van der Waals surface area contributed by atoms with Gasteiger partial charge in [-0.15, -0.1) is 0 Å². The minimum Gasteiger partial charge on any atom is -0.393 e. The van der Waals surface area contributed by atoms with Crippen molar-refractivity contribution in [2.75, 3.05) is 0 Å². The summed E-state index contributed by atoms with van der Waals surface area (Å²) in [5.41, 5.74) is 2.05. The first kappa shape index (κ1) is 17.3. The van der Waals surface area contributed by atoms with E-state index in [-0.39, 0.29) is 17.4 Å². The highest BCUT2D eigenvalue weighted by atomic mass is 16.3. The van der Waals surface area contributed by atoms with E-state index in [0.717, 1.165) is 37.5 Å². The monoisotopic (exact) mass is 357 g/mol. The largest absolute Gasteiger partial charge is 0.393 e. The summed E-state index contributed by atoms with van der Waals surface area (Å²) in [6.45, 7) is 4.92. The first-order chi connectivity index (χ1) is 12.4. The van der Waals surface area contributed by atoms with E-state index in [4.69, 9.17) is 0 Å². The number of fused-ring (bicyclic) bond motifs is 5. The molecule has 0 radical (unpaired) electrons. The molecule has 0 heterocycles. The van der Waals surface area contributed by atoms with Gasteiger partial charge < -0.3 is 10.4 Å². The minimum atomic E-state index is -0.123. The normalized spacial score (nSPS) is 50.3. The second-order valence-electron chi connectivity index (χ2n) is 10.6. The number of aliphatic hydroxyl groups is 1. The summed E-state index contributed by atoms with van der Waals surface area (Å²) >= 11 is 0. The molecule has 5 rings (SSSR count). The van der Waals surface area contributed by atoms with Crippen molar-refractivity contribution in [1.82, 2.24) is 5.32 Å². The minimum absolute atomic E-state index is 0.123. The fourth-order valence-corrected chi connectivity index (χ4v) is 7.60.